The molecule has 4 nitrogen and oxygen atoms in total. The van der Waals surface area contributed by atoms with Gasteiger partial charge in [0.1, 0.15) is 11.6 Å². The van der Waals surface area contributed by atoms with Crippen LogP contribution < -0.4 is 10.5 Å². The molecule has 24 heavy (non-hydrogen) atoms. The second-order valence-corrected chi connectivity index (χ2v) is 5.62. The number of hydrogen-bond donors (Lipinski definition) is 1. The Morgan fingerprint density at radius 3 is 2.25 bits per heavy atom. The smallest absolute Gasteiger partial charge is 0.266 e. The van der Waals surface area contributed by atoms with E-state index < -0.39 is 0 Å². The summed E-state index contributed by atoms with van der Waals surface area (Å²) in [5.74, 6) is 0. The highest BCUT2D eigenvalue weighted by molar-refractivity contribution is 5.73. The average Bonchev–Trinajstić information content (AvgIpc) is 2.61. The van der Waals surface area contributed by atoms with Crippen LogP contribution in [0.25, 0.3) is 11.1 Å². The van der Waals surface area contributed by atoms with Crippen LogP contribution >= 0.6 is 0 Å². The van der Waals surface area contributed by atoms with Crippen LogP contribution in [0.3, 0.4) is 0 Å². The van der Waals surface area contributed by atoms with Gasteiger partial charge < -0.3 is 9.88 Å². The molecule has 0 saturated heterocycles. The fourth-order valence-corrected chi connectivity index (χ4v) is 2.69. The van der Waals surface area contributed by atoms with E-state index in [2.05, 4.69) is 9.88 Å². The predicted octanol–water partition coefficient (Wildman–Crippen LogP) is 3.99. The van der Waals surface area contributed by atoms with Crippen molar-refractivity contribution in [1.82, 2.24) is 4.98 Å². The number of benzene rings is 2. The van der Waals surface area contributed by atoms with E-state index in [4.69, 9.17) is 0 Å². The van der Waals surface area contributed by atoms with Gasteiger partial charge in [0, 0.05) is 29.7 Å². The highest BCUT2D eigenvalue weighted by Crippen LogP contribution is 2.27. The van der Waals surface area contributed by atoms with Crippen LogP contribution in [-0.2, 0) is 0 Å². The minimum Gasteiger partial charge on any atom is -0.345 e. The van der Waals surface area contributed by atoms with E-state index in [0.717, 1.165) is 22.6 Å². The van der Waals surface area contributed by atoms with Gasteiger partial charge in [0.2, 0.25) is 0 Å². The third kappa shape index (κ3) is 2.92. The first kappa shape index (κ1) is 15.6. The molecule has 0 aliphatic carbocycles. The van der Waals surface area contributed by atoms with E-state index in [1.54, 1.807) is 0 Å². The number of nitrogens with one attached hydrogen (secondary N) is 1. The summed E-state index contributed by atoms with van der Waals surface area (Å²) in [5.41, 5.74) is 4.17. The Balaban J connectivity index is 1.99. The lowest BCUT2D eigenvalue weighted by atomic mass is 10.0. The molecular formula is C20H17N3O. The number of nitrogens with zero attached hydrogens (tertiary/aromatic N) is 2. The summed E-state index contributed by atoms with van der Waals surface area (Å²) in [5, 5.41) is 9.26. The van der Waals surface area contributed by atoms with Crippen molar-refractivity contribution in [3.63, 3.8) is 0 Å². The molecule has 3 aromatic rings. The number of hydrogen-bond acceptors (Lipinski definition) is 3. The first-order valence-electron chi connectivity index (χ1n) is 7.63. The Kier molecular flexibility index (Phi) is 4.17. The summed E-state index contributed by atoms with van der Waals surface area (Å²) >= 11 is 0. The number of aryl methyl sites for hydroxylation is 1. The van der Waals surface area contributed by atoms with Crippen molar-refractivity contribution in [1.29, 1.82) is 5.26 Å². The fourth-order valence-electron chi connectivity index (χ4n) is 2.69. The maximum Gasteiger partial charge on any atom is 0.266 e. The fraction of sp³-hybridized carbons (Fsp3) is 0.100. The number of nitriles is 1. The molecule has 0 atom stereocenters. The lowest BCUT2D eigenvalue weighted by Gasteiger charge is -2.19. The molecule has 0 fully saturated rings. The number of para-hydroxylation sites is 1. The van der Waals surface area contributed by atoms with Crippen LogP contribution in [0.1, 0.15) is 11.3 Å². The van der Waals surface area contributed by atoms with Crippen molar-refractivity contribution in [3.05, 3.63) is 82.3 Å². The average molecular weight is 315 g/mol. The zero-order valence-electron chi connectivity index (χ0n) is 13.6. The second-order valence-electron chi connectivity index (χ2n) is 5.62. The number of aromatic amines is 1. The quantitative estimate of drug-likeness (QED) is 0.795. The third-order valence-corrected chi connectivity index (χ3v) is 3.99. The van der Waals surface area contributed by atoms with Gasteiger partial charge in [0.05, 0.1) is 0 Å². The molecule has 0 amide bonds. The minimum atomic E-state index is -0.349. The molecule has 3 rings (SSSR count). The Hall–Kier alpha value is -3.32. The molecule has 2 aromatic carbocycles. The molecular weight excluding hydrogens is 298 g/mol. The van der Waals surface area contributed by atoms with Gasteiger partial charge in [-0.1, -0.05) is 30.3 Å². The molecule has 118 valence electrons. The van der Waals surface area contributed by atoms with Crippen LogP contribution in [0, 0.1) is 18.3 Å². The molecule has 4 heteroatoms. The summed E-state index contributed by atoms with van der Waals surface area (Å²) in [6.45, 7) is 1.81. The third-order valence-electron chi connectivity index (χ3n) is 3.99. The van der Waals surface area contributed by atoms with Gasteiger partial charge in [-0.3, -0.25) is 4.79 Å². The molecule has 0 unspecified atom stereocenters. The number of H-pyrrole nitrogens is 1. The van der Waals surface area contributed by atoms with Crippen molar-refractivity contribution in [2.75, 3.05) is 11.9 Å². The highest BCUT2D eigenvalue weighted by atomic mass is 16.1. The van der Waals surface area contributed by atoms with E-state index in [0.29, 0.717) is 5.56 Å². The molecule has 0 saturated carbocycles. The van der Waals surface area contributed by atoms with Gasteiger partial charge >= 0.3 is 0 Å². The lowest BCUT2D eigenvalue weighted by molar-refractivity contribution is 1.13. The summed E-state index contributed by atoms with van der Waals surface area (Å²) in [6, 6.07) is 21.7. The summed E-state index contributed by atoms with van der Waals surface area (Å²) in [7, 11) is 2.00. The maximum absolute atomic E-state index is 11.9. The number of aromatic nitrogens is 1. The molecule has 1 heterocycles. The van der Waals surface area contributed by atoms with Crippen LogP contribution in [0.5, 0.6) is 0 Å². The van der Waals surface area contributed by atoms with E-state index in [-0.39, 0.29) is 11.1 Å². The van der Waals surface area contributed by atoms with Crippen molar-refractivity contribution >= 4 is 11.4 Å². The SMILES string of the molecule is Cc1cc(-c2ccc(N(C)c3ccccc3)cc2)c(C#N)c(=O)[nH]1. The Morgan fingerprint density at radius 1 is 1.00 bits per heavy atom. The summed E-state index contributed by atoms with van der Waals surface area (Å²) < 4.78 is 0. The topological polar surface area (TPSA) is 59.9 Å². The van der Waals surface area contributed by atoms with Gasteiger partial charge in [-0.15, -0.1) is 0 Å². The van der Waals surface area contributed by atoms with Gasteiger partial charge in [-0.2, -0.15) is 5.26 Å². The van der Waals surface area contributed by atoms with E-state index >= 15 is 0 Å². The summed E-state index contributed by atoms with van der Waals surface area (Å²) in [4.78, 5) is 16.7. The van der Waals surface area contributed by atoms with Gasteiger partial charge in [-0.05, 0) is 42.8 Å². The molecule has 0 radical (unpaired) electrons. The second kappa shape index (κ2) is 6.43. The maximum atomic E-state index is 11.9. The first-order chi connectivity index (χ1) is 11.6. The first-order valence-corrected chi connectivity index (χ1v) is 7.63. The Labute approximate surface area is 140 Å². The van der Waals surface area contributed by atoms with E-state index in [9.17, 15) is 10.1 Å². The Bertz CT molecular complexity index is 951. The number of pyridine rings is 1. The van der Waals surface area contributed by atoms with Crippen LogP contribution in [0.2, 0.25) is 0 Å². The van der Waals surface area contributed by atoms with Gasteiger partial charge in [-0.25, -0.2) is 0 Å². The van der Waals surface area contributed by atoms with Crippen LogP contribution in [0.15, 0.2) is 65.5 Å². The normalized spacial score (nSPS) is 10.2. The largest absolute Gasteiger partial charge is 0.345 e. The summed E-state index contributed by atoms with van der Waals surface area (Å²) in [6.07, 6.45) is 0. The van der Waals surface area contributed by atoms with Crippen LogP contribution in [0.4, 0.5) is 11.4 Å². The standard InChI is InChI=1S/C20H17N3O/c1-14-12-18(19(13-21)20(24)22-14)15-8-10-17(11-9-15)23(2)16-6-4-3-5-7-16/h3-12H,1-2H3,(H,22,24). The lowest BCUT2D eigenvalue weighted by Crippen LogP contribution is -2.13. The molecule has 1 aromatic heterocycles. The van der Waals surface area contributed by atoms with Gasteiger partial charge in [0.15, 0.2) is 0 Å². The number of anilines is 2. The van der Waals surface area contributed by atoms with Crippen molar-refractivity contribution in [2.45, 2.75) is 6.92 Å². The van der Waals surface area contributed by atoms with Crippen molar-refractivity contribution < 1.29 is 0 Å². The molecule has 0 aliphatic heterocycles. The Morgan fingerprint density at radius 2 is 1.62 bits per heavy atom. The zero-order chi connectivity index (χ0) is 17.1. The van der Waals surface area contributed by atoms with Crippen molar-refractivity contribution in [3.8, 4) is 17.2 Å². The predicted molar refractivity (Wildman–Crippen MR) is 96.5 cm³/mol. The van der Waals surface area contributed by atoms with E-state index in [1.165, 1.54) is 0 Å². The monoisotopic (exact) mass is 315 g/mol. The molecule has 0 spiro atoms. The van der Waals surface area contributed by atoms with E-state index in [1.807, 2.05) is 80.7 Å². The minimum absolute atomic E-state index is 0.143. The molecule has 0 bridgehead atoms. The van der Waals surface area contributed by atoms with Gasteiger partial charge in [0.25, 0.3) is 5.56 Å². The molecule has 1 N–H and O–H groups in total. The number of rotatable bonds is 3. The van der Waals surface area contributed by atoms with Crippen molar-refractivity contribution in [2.24, 2.45) is 0 Å². The zero-order valence-corrected chi connectivity index (χ0v) is 13.6. The molecule has 0 aliphatic rings. The van der Waals surface area contributed by atoms with Crippen LogP contribution in [-0.4, -0.2) is 12.0 Å². The highest BCUT2D eigenvalue weighted by Gasteiger charge is 2.11.